The summed E-state index contributed by atoms with van der Waals surface area (Å²) in [5, 5.41) is 11.4. The maximum Gasteiger partial charge on any atom is 0.252 e. The highest BCUT2D eigenvalue weighted by atomic mass is 16.2. The van der Waals surface area contributed by atoms with Gasteiger partial charge >= 0.3 is 0 Å². The molecule has 3 aromatic heterocycles. The van der Waals surface area contributed by atoms with Gasteiger partial charge in [0, 0.05) is 56.6 Å². The van der Waals surface area contributed by atoms with E-state index in [1.807, 2.05) is 49.8 Å². The number of pyridine rings is 2. The number of rotatable bonds is 8. The number of anilines is 1. The molecule has 2 amide bonds. The van der Waals surface area contributed by atoms with Crippen LogP contribution in [0.15, 0.2) is 30.6 Å². The number of nitrogens with one attached hydrogen (secondary N) is 2. The summed E-state index contributed by atoms with van der Waals surface area (Å²) >= 11 is 0. The first-order valence-corrected chi connectivity index (χ1v) is 14.6. The smallest absolute Gasteiger partial charge is 0.252 e. The molecule has 0 aromatic carbocycles. The average molecular weight is 547 g/mol. The Kier molecular flexibility index (Phi) is 8.35. The summed E-state index contributed by atoms with van der Waals surface area (Å²) in [6.45, 7) is 12.5. The molecule has 10 nitrogen and oxygen atoms in total. The minimum atomic E-state index is -0.235. The third kappa shape index (κ3) is 5.82. The number of carbonyl (C=O) groups is 2. The predicted octanol–water partition coefficient (Wildman–Crippen LogP) is 3.50. The number of hydrogen-bond donors (Lipinski definition) is 2. The molecule has 2 aliphatic rings. The SMILES string of the molecule is CCCC1CC(C)NC(=O)C1CNC(=O)c1cc(-c2ccc(N3CCN(C)CC3)nc2)nc2c1cnn2C(C)C. The minimum absolute atomic E-state index is 0.0252. The molecule has 5 rings (SSSR count). The molecule has 2 N–H and O–H groups in total. The van der Waals surface area contributed by atoms with Crippen molar-refractivity contribution in [2.24, 2.45) is 11.8 Å². The zero-order chi connectivity index (χ0) is 28.4. The highest BCUT2D eigenvalue weighted by molar-refractivity contribution is 6.06. The van der Waals surface area contributed by atoms with E-state index in [4.69, 9.17) is 9.97 Å². The molecule has 0 aliphatic carbocycles. The highest BCUT2D eigenvalue weighted by Crippen LogP contribution is 2.29. The van der Waals surface area contributed by atoms with Crippen molar-refractivity contribution in [3.8, 4) is 11.3 Å². The number of aromatic nitrogens is 4. The number of amides is 2. The molecule has 10 heteroatoms. The summed E-state index contributed by atoms with van der Waals surface area (Å²) in [6, 6.07) is 6.12. The Morgan fingerprint density at radius 3 is 2.62 bits per heavy atom. The van der Waals surface area contributed by atoms with Crippen LogP contribution in [0.25, 0.3) is 22.3 Å². The molecule has 0 spiro atoms. The zero-order valence-electron chi connectivity index (χ0n) is 24.4. The van der Waals surface area contributed by atoms with Crippen molar-refractivity contribution < 1.29 is 9.59 Å². The quantitative estimate of drug-likeness (QED) is 0.445. The van der Waals surface area contributed by atoms with Gasteiger partial charge in [-0.15, -0.1) is 0 Å². The standard InChI is InChI=1S/C30H42N8O2/c1-6-7-21-14-20(4)34-30(40)24(21)17-32-29(39)23-15-26(35-28-25(23)18-33-38(28)19(2)3)22-8-9-27(31-16-22)37-12-10-36(5)11-13-37/h8-9,15-16,18-21,24H,6-7,10-14,17H2,1-5H3,(H,32,39)(H,34,40). The fourth-order valence-corrected chi connectivity index (χ4v) is 5.98. The molecule has 40 heavy (non-hydrogen) atoms. The van der Waals surface area contributed by atoms with Crippen molar-refractivity contribution in [3.63, 3.8) is 0 Å². The number of carbonyl (C=O) groups excluding carboxylic acids is 2. The fourth-order valence-electron chi connectivity index (χ4n) is 5.98. The number of likely N-dealkylation sites (N-methyl/N-ethyl adjacent to an activating group) is 1. The topological polar surface area (TPSA) is 108 Å². The average Bonchev–Trinajstić information content (AvgIpc) is 3.37. The second kappa shape index (κ2) is 11.9. The van der Waals surface area contributed by atoms with Crippen LogP contribution < -0.4 is 15.5 Å². The van der Waals surface area contributed by atoms with Crippen LogP contribution in [0.1, 0.15) is 63.4 Å². The molecule has 0 saturated carbocycles. The molecule has 3 aromatic rings. The Morgan fingerprint density at radius 1 is 1.18 bits per heavy atom. The van der Waals surface area contributed by atoms with Gasteiger partial charge in [-0.25, -0.2) is 14.6 Å². The lowest BCUT2D eigenvalue weighted by Gasteiger charge is -2.34. The Balaban J connectivity index is 1.42. The second-order valence-corrected chi connectivity index (χ2v) is 11.7. The lowest BCUT2D eigenvalue weighted by molar-refractivity contribution is -0.129. The third-order valence-electron chi connectivity index (χ3n) is 8.26. The van der Waals surface area contributed by atoms with E-state index in [2.05, 4.69) is 39.5 Å². The van der Waals surface area contributed by atoms with Crippen LogP contribution in [0.4, 0.5) is 5.82 Å². The Labute approximate surface area is 236 Å². The van der Waals surface area contributed by atoms with E-state index in [1.54, 1.807) is 6.20 Å². The molecular weight excluding hydrogens is 504 g/mol. The largest absolute Gasteiger partial charge is 0.354 e. The number of piperidine rings is 1. The molecule has 2 saturated heterocycles. The molecule has 3 atom stereocenters. The normalized spacial score (nSPS) is 22.1. The van der Waals surface area contributed by atoms with E-state index in [0.717, 1.165) is 56.8 Å². The molecule has 214 valence electrons. The first-order valence-electron chi connectivity index (χ1n) is 14.6. The van der Waals surface area contributed by atoms with Crippen LogP contribution in [-0.2, 0) is 4.79 Å². The van der Waals surface area contributed by atoms with E-state index in [0.29, 0.717) is 28.8 Å². The molecular formula is C30H42N8O2. The summed E-state index contributed by atoms with van der Waals surface area (Å²) < 4.78 is 1.84. The Hall–Kier alpha value is -3.53. The van der Waals surface area contributed by atoms with Gasteiger partial charge in [0.05, 0.1) is 28.8 Å². The first-order chi connectivity index (χ1) is 19.2. The van der Waals surface area contributed by atoms with Gasteiger partial charge in [0.1, 0.15) is 5.82 Å². The molecule has 5 heterocycles. The second-order valence-electron chi connectivity index (χ2n) is 11.7. The van der Waals surface area contributed by atoms with Gasteiger partial charge in [0.25, 0.3) is 5.91 Å². The maximum absolute atomic E-state index is 13.7. The van der Waals surface area contributed by atoms with Crippen LogP contribution in [-0.4, -0.2) is 82.3 Å². The third-order valence-corrected chi connectivity index (χ3v) is 8.26. The van der Waals surface area contributed by atoms with Crippen LogP contribution >= 0.6 is 0 Å². The first kappa shape index (κ1) is 28.0. The maximum atomic E-state index is 13.7. The molecule has 0 radical (unpaired) electrons. The Bertz CT molecular complexity index is 1340. The lowest BCUT2D eigenvalue weighted by Crippen LogP contribution is -2.51. The van der Waals surface area contributed by atoms with Crippen molar-refractivity contribution >= 4 is 28.7 Å². The summed E-state index contributed by atoms with van der Waals surface area (Å²) in [5.74, 6) is 0.778. The number of fused-ring (bicyclic) bond motifs is 1. The Morgan fingerprint density at radius 2 is 1.95 bits per heavy atom. The van der Waals surface area contributed by atoms with Gasteiger partial charge in [-0.2, -0.15) is 5.10 Å². The monoisotopic (exact) mass is 546 g/mol. The van der Waals surface area contributed by atoms with E-state index < -0.39 is 0 Å². The molecule has 0 bridgehead atoms. The van der Waals surface area contributed by atoms with Crippen LogP contribution in [0.2, 0.25) is 0 Å². The van der Waals surface area contributed by atoms with Gasteiger partial charge in [0.2, 0.25) is 5.91 Å². The van der Waals surface area contributed by atoms with Crippen molar-refractivity contribution in [3.05, 3.63) is 36.2 Å². The highest BCUT2D eigenvalue weighted by Gasteiger charge is 2.34. The van der Waals surface area contributed by atoms with Gasteiger partial charge in [-0.1, -0.05) is 13.3 Å². The van der Waals surface area contributed by atoms with Gasteiger partial charge in [0.15, 0.2) is 5.65 Å². The van der Waals surface area contributed by atoms with E-state index in [-0.39, 0.29) is 35.7 Å². The summed E-state index contributed by atoms with van der Waals surface area (Å²) in [6.07, 6.45) is 6.47. The van der Waals surface area contributed by atoms with Gasteiger partial charge in [-0.05, 0) is 64.8 Å². The van der Waals surface area contributed by atoms with Gasteiger partial charge < -0.3 is 20.4 Å². The number of piperazine rings is 1. The van der Waals surface area contributed by atoms with Crippen molar-refractivity contribution in [1.82, 2.24) is 35.3 Å². The minimum Gasteiger partial charge on any atom is -0.354 e. The summed E-state index contributed by atoms with van der Waals surface area (Å²) in [4.78, 5) is 40.8. The van der Waals surface area contributed by atoms with E-state index in [9.17, 15) is 9.59 Å². The van der Waals surface area contributed by atoms with Gasteiger partial charge in [-0.3, -0.25) is 9.59 Å². The lowest BCUT2D eigenvalue weighted by atomic mass is 9.80. The fraction of sp³-hybridized carbons (Fsp3) is 0.567. The zero-order valence-corrected chi connectivity index (χ0v) is 24.4. The van der Waals surface area contributed by atoms with E-state index in [1.165, 1.54) is 0 Å². The van der Waals surface area contributed by atoms with Crippen LogP contribution in [0.5, 0.6) is 0 Å². The number of hydrogen-bond acceptors (Lipinski definition) is 7. The molecule has 2 aliphatic heterocycles. The molecule has 2 fully saturated rings. The van der Waals surface area contributed by atoms with Crippen molar-refractivity contribution in [2.45, 2.75) is 59.0 Å². The van der Waals surface area contributed by atoms with E-state index >= 15 is 0 Å². The predicted molar refractivity (Wildman–Crippen MR) is 157 cm³/mol. The summed E-state index contributed by atoms with van der Waals surface area (Å²) in [5.41, 5.74) is 2.68. The van der Waals surface area contributed by atoms with Crippen molar-refractivity contribution in [1.29, 1.82) is 0 Å². The van der Waals surface area contributed by atoms with Crippen LogP contribution in [0.3, 0.4) is 0 Å². The van der Waals surface area contributed by atoms with Crippen LogP contribution in [0, 0.1) is 11.8 Å². The summed E-state index contributed by atoms with van der Waals surface area (Å²) in [7, 11) is 2.14. The number of nitrogens with zero attached hydrogens (tertiary/aromatic N) is 6. The van der Waals surface area contributed by atoms with Crippen molar-refractivity contribution in [2.75, 3.05) is 44.7 Å². The molecule has 3 unspecified atom stereocenters.